The lowest BCUT2D eigenvalue weighted by molar-refractivity contribution is 0.0695. The molecule has 0 saturated carbocycles. The number of furan rings is 1. The number of carboxylic acids is 1. The summed E-state index contributed by atoms with van der Waals surface area (Å²) in [4.78, 5) is 10.8. The molecular formula is C13H12O3S. The minimum absolute atomic E-state index is 0.255. The lowest BCUT2D eigenvalue weighted by Gasteiger charge is -2.00. The number of hydrogen-bond donors (Lipinski definition) is 1. The van der Waals surface area contributed by atoms with Gasteiger partial charge in [0.25, 0.3) is 0 Å². The molecule has 1 aromatic carbocycles. The molecule has 0 unspecified atom stereocenters. The van der Waals surface area contributed by atoms with E-state index < -0.39 is 5.97 Å². The van der Waals surface area contributed by atoms with Crippen molar-refractivity contribution in [3.05, 3.63) is 59.5 Å². The number of carbonyl (C=O) groups is 1. The number of aromatic carboxylic acids is 1. The van der Waals surface area contributed by atoms with Crippen LogP contribution in [-0.2, 0) is 11.5 Å². The number of benzene rings is 1. The summed E-state index contributed by atoms with van der Waals surface area (Å²) in [6.07, 6.45) is 1.42. The Balaban J connectivity index is 1.90. The smallest absolute Gasteiger partial charge is 0.339 e. The van der Waals surface area contributed by atoms with E-state index in [1.165, 1.54) is 17.9 Å². The van der Waals surface area contributed by atoms with Crippen molar-refractivity contribution in [1.82, 2.24) is 0 Å². The lowest BCUT2D eigenvalue weighted by Crippen LogP contribution is -1.97. The molecule has 3 nitrogen and oxygen atoms in total. The highest BCUT2D eigenvalue weighted by molar-refractivity contribution is 7.97. The number of thioether (sulfide) groups is 1. The molecule has 1 aromatic heterocycles. The largest absolute Gasteiger partial charge is 0.478 e. The third-order valence-corrected chi connectivity index (χ3v) is 3.32. The molecule has 0 fully saturated rings. The topological polar surface area (TPSA) is 50.4 Å². The standard InChI is InChI=1S/C13H12O3S/c14-13(15)11-6-7-16-12(11)9-17-8-10-4-2-1-3-5-10/h1-7H,8-9H2,(H,14,15). The quantitative estimate of drug-likeness (QED) is 0.881. The summed E-state index contributed by atoms with van der Waals surface area (Å²) < 4.78 is 5.16. The molecule has 0 aliphatic carbocycles. The highest BCUT2D eigenvalue weighted by Crippen LogP contribution is 2.21. The van der Waals surface area contributed by atoms with Gasteiger partial charge in [-0.05, 0) is 11.6 Å². The average molecular weight is 248 g/mol. The summed E-state index contributed by atoms with van der Waals surface area (Å²) in [5.41, 5.74) is 1.48. The second-order valence-corrected chi connectivity index (χ2v) is 4.53. The van der Waals surface area contributed by atoms with E-state index >= 15 is 0 Å². The maximum Gasteiger partial charge on any atom is 0.339 e. The Morgan fingerprint density at radius 3 is 2.65 bits per heavy atom. The molecule has 0 atom stereocenters. The second-order valence-electron chi connectivity index (χ2n) is 3.54. The molecule has 0 aliphatic heterocycles. The average Bonchev–Trinajstić information content (AvgIpc) is 2.79. The summed E-state index contributed by atoms with van der Waals surface area (Å²) in [6.45, 7) is 0. The van der Waals surface area contributed by atoms with Crippen LogP contribution in [0.4, 0.5) is 0 Å². The molecule has 0 radical (unpaired) electrons. The van der Waals surface area contributed by atoms with E-state index in [-0.39, 0.29) is 5.56 Å². The number of carboxylic acid groups (broad SMARTS) is 1. The van der Waals surface area contributed by atoms with Crippen LogP contribution in [0.25, 0.3) is 0 Å². The van der Waals surface area contributed by atoms with Gasteiger partial charge in [0.15, 0.2) is 0 Å². The maximum atomic E-state index is 10.8. The SMILES string of the molecule is O=C(O)c1ccoc1CSCc1ccccc1. The van der Waals surface area contributed by atoms with Crippen molar-refractivity contribution in [3.63, 3.8) is 0 Å². The third kappa shape index (κ3) is 3.14. The Morgan fingerprint density at radius 1 is 1.18 bits per heavy atom. The Kier molecular flexibility index (Phi) is 3.88. The van der Waals surface area contributed by atoms with E-state index in [2.05, 4.69) is 0 Å². The maximum absolute atomic E-state index is 10.8. The number of rotatable bonds is 5. The van der Waals surface area contributed by atoms with Gasteiger partial charge in [0.1, 0.15) is 11.3 Å². The van der Waals surface area contributed by atoms with Crippen LogP contribution >= 0.6 is 11.8 Å². The van der Waals surface area contributed by atoms with Gasteiger partial charge in [0.2, 0.25) is 0 Å². The van der Waals surface area contributed by atoms with Crippen LogP contribution in [0.5, 0.6) is 0 Å². The van der Waals surface area contributed by atoms with Gasteiger partial charge in [-0.3, -0.25) is 0 Å². The fraction of sp³-hybridized carbons (Fsp3) is 0.154. The highest BCUT2D eigenvalue weighted by Gasteiger charge is 2.12. The first-order valence-electron chi connectivity index (χ1n) is 5.18. The molecule has 4 heteroatoms. The van der Waals surface area contributed by atoms with Gasteiger partial charge >= 0.3 is 5.97 Å². The lowest BCUT2D eigenvalue weighted by atomic mass is 10.2. The zero-order chi connectivity index (χ0) is 12.1. The molecule has 0 aliphatic rings. The Labute approximate surface area is 103 Å². The van der Waals surface area contributed by atoms with Gasteiger partial charge < -0.3 is 9.52 Å². The van der Waals surface area contributed by atoms with Crippen molar-refractivity contribution in [1.29, 1.82) is 0 Å². The van der Waals surface area contributed by atoms with E-state index in [0.717, 1.165) is 5.75 Å². The molecule has 2 rings (SSSR count). The Bertz CT molecular complexity index is 490. The molecule has 1 heterocycles. The van der Waals surface area contributed by atoms with Crippen LogP contribution in [0.2, 0.25) is 0 Å². The van der Waals surface area contributed by atoms with Crippen LogP contribution in [0, 0.1) is 0 Å². The molecule has 0 amide bonds. The Hall–Kier alpha value is -1.68. The van der Waals surface area contributed by atoms with Crippen molar-refractivity contribution in [2.75, 3.05) is 0 Å². The van der Waals surface area contributed by atoms with Gasteiger partial charge in [-0.2, -0.15) is 0 Å². The van der Waals surface area contributed by atoms with E-state index in [1.807, 2.05) is 30.3 Å². The molecule has 2 aromatic rings. The first kappa shape index (κ1) is 11.8. The van der Waals surface area contributed by atoms with E-state index in [1.54, 1.807) is 11.8 Å². The van der Waals surface area contributed by atoms with Crippen LogP contribution in [0.1, 0.15) is 21.7 Å². The summed E-state index contributed by atoms with van der Waals surface area (Å²) in [6, 6.07) is 11.5. The van der Waals surface area contributed by atoms with Gasteiger partial charge in [-0.25, -0.2) is 4.79 Å². The van der Waals surface area contributed by atoms with E-state index in [9.17, 15) is 4.79 Å². The van der Waals surface area contributed by atoms with Crippen LogP contribution in [-0.4, -0.2) is 11.1 Å². The third-order valence-electron chi connectivity index (χ3n) is 2.32. The molecule has 1 N–H and O–H groups in total. The van der Waals surface area contributed by atoms with Crippen LogP contribution in [0.15, 0.2) is 47.1 Å². The van der Waals surface area contributed by atoms with Crippen molar-refractivity contribution in [2.24, 2.45) is 0 Å². The van der Waals surface area contributed by atoms with Crippen molar-refractivity contribution < 1.29 is 14.3 Å². The Morgan fingerprint density at radius 2 is 1.94 bits per heavy atom. The number of hydrogen-bond acceptors (Lipinski definition) is 3. The van der Waals surface area contributed by atoms with Gasteiger partial charge in [0.05, 0.1) is 12.0 Å². The summed E-state index contributed by atoms with van der Waals surface area (Å²) in [5, 5.41) is 8.90. The molecule has 0 spiro atoms. The predicted molar refractivity (Wildman–Crippen MR) is 67.1 cm³/mol. The predicted octanol–water partition coefficient (Wildman–Crippen LogP) is 3.41. The minimum Gasteiger partial charge on any atom is -0.478 e. The van der Waals surface area contributed by atoms with Gasteiger partial charge in [0, 0.05) is 5.75 Å². The van der Waals surface area contributed by atoms with Crippen molar-refractivity contribution in [2.45, 2.75) is 11.5 Å². The minimum atomic E-state index is -0.936. The summed E-state index contributed by atoms with van der Waals surface area (Å²) >= 11 is 1.64. The zero-order valence-electron chi connectivity index (χ0n) is 9.13. The molecule has 88 valence electrons. The molecule has 17 heavy (non-hydrogen) atoms. The monoisotopic (exact) mass is 248 g/mol. The summed E-state index contributed by atoms with van der Waals surface area (Å²) in [7, 11) is 0. The van der Waals surface area contributed by atoms with Crippen LogP contribution in [0.3, 0.4) is 0 Å². The molecular weight excluding hydrogens is 236 g/mol. The van der Waals surface area contributed by atoms with Crippen molar-refractivity contribution >= 4 is 17.7 Å². The summed E-state index contributed by atoms with van der Waals surface area (Å²) in [5.74, 6) is 1.01. The fourth-order valence-corrected chi connectivity index (χ4v) is 2.42. The second kappa shape index (κ2) is 5.59. The van der Waals surface area contributed by atoms with Crippen molar-refractivity contribution in [3.8, 4) is 0 Å². The highest BCUT2D eigenvalue weighted by atomic mass is 32.2. The first-order chi connectivity index (χ1) is 8.27. The zero-order valence-corrected chi connectivity index (χ0v) is 9.94. The van der Waals surface area contributed by atoms with Gasteiger partial charge in [-0.15, -0.1) is 11.8 Å². The van der Waals surface area contributed by atoms with Crippen LogP contribution < -0.4 is 0 Å². The van der Waals surface area contributed by atoms with E-state index in [0.29, 0.717) is 11.5 Å². The van der Waals surface area contributed by atoms with E-state index in [4.69, 9.17) is 9.52 Å². The molecule has 0 bridgehead atoms. The fourth-order valence-electron chi connectivity index (χ4n) is 1.48. The normalized spacial score (nSPS) is 10.4. The first-order valence-corrected chi connectivity index (χ1v) is 6.34. The molecule has 0 saturated heterocycles. The van der Waals surface area contributed by atoms with Gasteiger partial charge in [-0.1, -0.05) is 30.3 Å².